The fraction of sp³-hybridized carbons (Fsp3) is 0.304. The van der Waals surface area contributed by atoms with Gasteiger partial charge in [-0.25, -0.2) is 4.98 Å². The molecule has 2 aliphatic heterocycles. The number of rotatable bonds is 4. The Morgan fingerprint density at radius 1 is 1.03 bits per heavy atom. The Morgan fingerprint density at radius 2 is 1.82 bits per heavy atom. The molecule has 1 aromatic heterocycles. The molecular formula is C23H22F3N5O2. The van der Waals surface area contributed by atoms with Gasteiger partial charge in [-0.15, -0.1) is 13.2 Å². The van der Waals surface area contributed by atoms with E-state index in [-0.39, 0.29) is 23.7 Å². The molecule has 0 bridgehead atoms. The summed E-state index contributed by atoms with van der Waals surface area (Å²) in [6.07, 6.45) is -1.25. The van der Waals surface area contributed by atoms with Gasteiger partial charge in [0, 0.05) is 30.5 Å². The van der Waals surface area contributed by atoms with Gasteiger partial charge in [0.15, 0.2) is 0 Å². The quantitative estimate of drug-likeness (QED) is 0.500. The van der Waals surface area contributed by atoms with E-state index < -0.39 is 12.1 Å². The number of aromatic amines is 1. The first kappa shape index (κ1) is 21.2. The third-order valence-electron chi connectivity index (χ3n) is 5.89. The van der Waals surface area contributed by atoms with Crippen LogP contribution in [0.5, 0.6) is 5.75 Å². The second-order valence-corrected chi connectivity index (χ2v) is 8.14. The lowest BCUT2D eigenvalue weighted by atomic mass is 10.1. The van der Waals surface area contributed by atoms with E-state index in [1.54, 1.807) is 6.07 Å². The predicted molar refractivity (Wildman–Crippen MR) is 120 cm³/mol. The number of halogens is 3. The van der Waals surface area contributed by atoms with Crippen LogP contribution >= 0.6 is 0 Å². The number of amidine groups is 1. The summed E-state index contributed by atoms with van der Waals surface area (Å²) in [6, 6.07) is 11.3. The fourth-order valence-corrected chi connectivity index (χ4v) is 4.36. The number of benzene rings is 2. The highest BCUT2D eigenvalue weighted by Gasteiger charge is 2.33. The number of anilines is 2. The number of aromatic nitrogens is 2. The number of ether oxygens (including phenoxy) is 1. The number of hydrogen-bond donors (Lipinski definition) is 3. The van der Waals surface area contributed by atoms with E-state index in [9.17, 15) is 18.3 Å². The molecule has 1 fully saturated rings. The maximum atomic E-state index is 12.6. The van der Waals surface area contributed by atoms with Gasteiger partial charge in [0.25, 0.3) is 0 Å². The lowest BCUT2D eigenvalue weighted by molar-refractivity contribution is -0.274. The maximum Gasteiger partial charge on any atom is 0.573 e. The van der Waals surface area contributed by atoms with Crippen LogP contribution in [0, 0.1) is 5.41 Å². The summed E-state index contributed by atoms with van der Waals surface area (Å²) >= 11 is 0. The van der Waals surface area contributed by atoms with Gasteiger partial charge in [0.1, 0.15) is 23.2 Å². The predicted octanol–water partition coefficient (Wildman–Crippen LogP) is 5.22. The van der Waals surface area contributed by atoms with Crippen molar-refractivity contribution in [2.24, 2.45) is 0 Å². The minimum absolute atomic E-state index is 0.0558. The number of hydrogen-bond acceptors (Lipinski definition) is 5. The molecule has 7 nitrogen and oxygen atoms in total. The monoisotopic (exact) mass is 457 g/mol. The zero-order chi connectivity index (χ0) is 23.2. The van der Waals surface area contributed by atoms with Crippen LogP contribution in [0.4, 0.5) is 24.5 Å². The van der Waals surface area contributed by atoms with Crippen molar-refractivity contribution in [1.82, 2.24) is 9.97 Å². The molecule has 33 heavy (non-hydrogen) atoms. The first-order chi connectivity index (χ1) is 15.8. The van der Waals surface area contributed by atoms with Crippen molar-refractivity contribution in [2.75, 3.05) is 29.4 Å². The first-order valence-corrected chi connectivity index (χ1v) is 10.7. The van der Waals surface area contributed by atoms with Crippen molar-refractivity contribution >= 4 is 33.8 Å². The van der Waals surface area contributed by atoms with E-state index in [1.807, 2.05) is 18.2 Å². The molecular weight excluding hydrogens is 435 g/mol. The number of nitrogens with one attached hydrogen (secondary N) is 2. The van der Waals surface area contributed by atoms with Gasteiger partial charge in [-0.05, 0) is 49.6 Å². The van der Waals surface area contributed by atoms with Gasteiger partial charge in [-0.1, -0.05) is 6.07 Å². The highest BCUT2D eigenvalue weighted by molar-refractivity contribution is 6.30. The normalized spacial score (nSPS) is 17.4. The molecule has 10 heteroatoms. The average molecular weight is 457 g/mol. The van der Waals surface area contributed by atoms with Crippen molar-refractivity contribution < 1.29 is 23.0 Å². The molecule has 0 spiro atoms. The van der Waals surface area contributed by atoms with Crippen LogP contribution in [0.3, 0.4) is 0 Å². The van der Waals surface area contributed by atoms with Crippen LogP contribution in [0.15, 0.2) is 48.2 Å². The molecule has 3 N–H and O–H groups in total. The molecule has 0 saturated carbocycles. The zero-order valence-electron chi connectivity index (χ0n) is 17.6. The summed E-state index contributed by atoms with van der Waals surface area (Å²) in [4.78, 5) is 11.5. The Balaban J connectivity index is 1.41. The summed E-state index contributed by atoms with van der Waals surface area (Å²) in [5.74, 6) is -0.201. The molecule has 0 atom stereocenters. The SMILES string of the molecule is N=C1C(c2nc3ccc(N4CCCCC4)cc3[nH]2)=C(O)CN1c1cccc(OC(F)(F)F)c1. The highest BCUT2D eigenvalue weighted by atomic mass is 19.4. The number of imidazole rings is 1. The third-order valence-corrected chi connectivity index (χ3v) is 5.89. The average Bonchev–Trinajstić information content (AvgIpc) is 3.32. The Labute approximate surface area is 187 Å². The van der Waals surface area contributed by atoms with E-state index in [0.29, 0.717) is 17.0 Å². The Hall–Kier alpha value is -3.69. The van der Waals surface area contributed by atoms with Gasteiger partial charge in [0.05, 0.1) is 23.2 Å². The smallest absolute Gasteiger partial charge is 0.509 e. The molecule has 5 rings (SSSR count). The molecule has 2 aromatic carbocycles. The summed E-state index contributed by atoms with van der Waals surface area (Å²) in [6.45, 7) is 1.96. The highest BCUT2D eigenvalue weighted by Crippen LogP contribution is 2.34. The molecule has 172 valence electrons. The summed E-state index contributed by atoms with van der Waals surface area (Å²) in [5, 5.41) is 19.2. The van der Waals surface area contributed by atoms with E-state index >= 15 is 0 Å². The minimum Gasteiger partial charge on any atom is -0.509 e. The minimum atomic E-state index is -4.82. The number of aliphatic hydroxyl groups excluding tert-OH is 1. The molecule has 1 saturated heterocycles. The van der Waals surface area contributed by atoms with Crippen LogP contribution in [0.25, 0.3) is 16.6 Å². The van der Waals surface area contributed by atoms with Crippen LogP contribution in [0.2, 0.25) is 0 Å². The van der Waals surface area contributed by atoms with Crippen LogP contribution < -0.4 is 14.5 Å². The van der Waals surface area contributed by atoms with E-state index in [4.69, 9.17) is 5.41 Å². The number of nitrogens with zero attached hydrogens (tertiary/aromatic N) is 3. The number of alkyl halides is 3. The lowest BCUT2D eigenvalue weighted by Crippen LogP contribution is -2.29. The van der Waals surface area contributed by atoms with Crippen molar-refractivity contribution in [2.45, 2.75) is 25.6 Å². The Bertz CT molecular complexity index is 1240. The maximum absolute atomic E-state index is 12.6. The molecule has 0 amide bonds. The Kier molecular flexibility index (Phi) is 5.15. The standard InChI is InChI=1S/C23H22F3N5O2/c24-23(25,26)33-16-6-4-5-15(11-16)31-13-19(32)20(21(31)27)22-28-17-8-7-14(12-18(17)29-22)30-9-2-1-3-10-30/h4-8,11-12,27,32H,1-3,9-10,13H2,(H,28,29). The summed E-state index contributed by atoms with van der Waals surface area (Å²) in [5.41, 5.74) is 3.11. The van der Waals surface area contributed by atoms with Crippen molar-refractivity contribution in [3.05, 3.63) is 54.0 Å². The van der Waals surface area contributed by atoms with Crippen LogP contribution in [-0.4, -0.2) is 46.9 Å². The summed E-state index contributed by atoms with van der Waals surface area (Å²) in [7, 11) is 0. The van der Waals surface area contributed by atoms with Gasteiger partial charge >= 0.3 is 6.36 Å². The second-order valence-electron chi connectivity index (χ2n) is 8.14. The number of H-pyrrole nitrogens is 1. The number of piperidine rings is 1. The first-order valence-electron chi connectivity index (χ1n) is 10.7. The Morgan fingerprint density at radius 3 is 2.58 bits per heavy atom. The molecule has 3 heterocycles. The second kappa shape index (κ2) is 8.02. The van der Waals surface area contributed by atoms with E-state index in [0.717, 1.165) is 37.1 Å². The molecule has 0 unspecified atom stereocenters. The third kappa shape index (κ3) is 4.20. The van der Waals surface area contributed by atoms with Gasteiger partial charge in [-0.2, -0.15) is 0 Å². The van der Waals surface area contributed by atoms with E-state index in [2.05, 4.69) is 19.6 Å². The van der Waals surface area contributed by atoms with Crippen molar-refractivity contribution in [1.29, 1.82) is 5.41 Å². The lowest BCUT2D eigenvalue weighted by Gasteiger charge is -2.28. The largest absolute Gasteiger partial charge is 0.573 e. The van der Waals surface area contributed by atoms with E-state index in [1.165, 1.54) is 29.5 Å². The molecule has 0 radical (unpaired) electrons. The number of fused-ring (bicyclic) bond motifs is 1. The molecule has 3 aromatic rings. The van der Waals surface area contributed by atoms with Gasteiger partial charge in [-0.3, -0.25) is 5.41 Å². The molecule has 2 aliphatic rings. The zero-order valence-corrected chi connectivity index (χ0v) is 17.6. The topological polar surface area (TPSA) is 88.5 Å². The fourth-order valence-electron chi connectivity index (χ4n) is 4.36. The summed E-state index contributed by atoms with van der Waals surface area (Å²) < 4.78 is 41.7. The van der Waals surface area contributed by atoms with Crippen molar-refractivity contribution in [3.8, 4) is 5.75 Å². The van der Waals surface area contributed by atoms with Gasteiger partial charge < -0.3 is 24.6 Å². The number of aliphatic hydroxyl groups is 1. The van der Waals surface area contributed by atoms with Gasteiger partial charge in [0.2, 0.25) is 0 Å². The molecule has 0 aliphatic carbocycles. The van der Waals surface area contributed by atoms with Crippen molar-refractivity contribution in [3.63, 3.8) is 0 Å². The van der Waals surface area contributed by atoms with Crippen LogP contribution in [-0.2, 0) is 0 Å². The van der Waals surface area contributed by atoms with Crippen LogP contribution in [0.1, 0.15) is 25.1 Å².